The van der Waals surface area contributed by atoms with Crippen molar-refractivity contribution < 1.29 is 8.78 Å². The highest BCUT2D eigenvalue weighted by molar-refractivity contribution is 6.30. The number of hydrogen-bond donors (Lipinski definition) is 1. The fourth-order valence-corrected chi connectivity index (χ4v) is 2.03. The Labute approximate surface area is 109 Å². The van der Waals surface area contributed by atoms with E-state index in [9.17, 15) is 8.78 Å². The molecule has 0 aliphatic heterocycles. The molecule has 0 saturated carbocycles. The van der Waals surface area contributed by atoms with E-state index in [0.29, 0.717) is 16.1 Å². The van der Waals surface area contributed by atoms with E-state index in [1.54, 1.807) is 12.1 Å². The number of nitrogens with two attached hydrogens (primary N) is 1. The standard InChI is InChI=1S/C14H12ClF2N/c1-8-2-4-10(16)7-12(8)14(18)11-5-3-9(15)6-13(11)17/h2-7,14H,18H2,1H3. The lowest BCUT2D eigenvalue weighted by Crippen LogP contribution is -2.15. The van der Waals surface area contributed by atoms with Crippen LogP contribution in [0.15, 0.2) is 36.4 Å². The van der Waals surface area contributed by atoms with Gasteiger partial charge in [0.05, 0.1) is 6.04 Å². The summed E-state index contributed by atoms with van der Waals surface area (Å²) in [6.07, 6.45) is 0. The summed E-state index contributed by atoms with van der Waals surface area (Å²) in [6.45, 7) is 1.81. The molecular weight excluding hydrogens is 256 g/mol. The second kappa shape index (κ2) is 5.04. The van der Waals surface area contributed by atoms with Gasteiger partial charge in [-0.3, -0.25) is 0 Å². The Morgan fingerprint density at radius 1 is 1.06 bits per heavy atom. The van der Waals surface area contributed by atoms with Gasteiger partial charge in [0.15, 0.2) is 0 Å². The Morgan fingerprint density at radius 2 is 1.78 bits per heavy atom. The predicted octanol–water partition coefficient (Wildman–Crippen LogP) is 3.97. The Hall–Kier alpha value is -1.45. The second-order valence-corrected chi connectivity index (χ2v) is 4.58. The van der Waals surface area contributed by atoms with E-state index in [4.69, 9.17) is 17.3 Å². The molecule has 0 aliphatic rings. The largest absolute Gasteiger partial charge is 0.320 e. The minimum absolute atomic E-state index is 0.299. The molecule has 1 unspecified atom stereocenters. The normalized spacial score (nSPS) is 12.5. The second-order valence-electron chi connectivity index (χ2n) is 4.14. The lowest BCUT2D eigenvalue weighted by atomic mass is 9.95. The molecule has 0 saturated heterocycles. The maximum absolute atomic E-state index is 13.8. The first kappa shape index (κ1) is 13.0. The molecule has 2 aromatic carbocycles. The minimum Gasteiger partial charge on any atom is -0.320 e. The summed E-state index contributed by atoms with van der Waals surface area (Å²) >= 11 is 5.68. The molecule has 0 spiro atoms. The Morgan fingerprint density at radius 3 is 2.44 bits per heavy atom. The molecule has 2 N–H and O–H groups in total. The summed E-state index contributed by atoms with van der Waals surface area (Å²) in [7, 11) is 0. The highest BCUT2D eigenvalue weighted by Crippen LogP contribution is 2.26. The van der Waals surface area contributed by atoms with Gasteiger partial charge in [-0.2, -0.15) is 0 Å². The zero-order chi connectivity index (χ0) is 13.3. The van der Waals surface area contributed by atoms with E-state index in [2.05, 4.69) is 0 Å². The lowest BCUT2D eigenvalue weighted by Gasteiger charge is -2.16. The van der Waals surface area contributed by atoms with Crippen LogP contribution in [-0.2, 0) is 0 Å². The van der Waals surface area contributed by atoms with E-state index in [0.717, 1.165) is 5.56 Å². The number of hydrogen-bond acceptors (Lipinski definition) is 1. The molecule has 18 heavy (non-hydrogen) atoms. The van der Waals surface area contributed by atoms with Gasteiger partial charge >= 0.3 is 0 Å². The summed E-state index contributed by atoms with van der Waals surface area (Å²) < 4.78 is 27.0. The first-order chi connectivity index (χ1) is 8.49. The van der Waals surface area contributed by atoms with Crippen molar-refractivity contribution in [1.29, 1.82) is 0 Å². The van der Waals surface area contributed by atoms with E-state index >= 15 is 0 Å². The smallest absolute Gasteiger partial charge is 0.129 e. The van der Waals surface area contributed by atoms with Gasteiger partial charge in [-0.25, -0.2) is 8.78 Å². The molecule has 2 aromatic rings. The van der Waals surface area contributed by atoms with Crippen LogP contribution in [0.4, 0.5) is 8.78 Å². The van der Waals surface area contributed by atoms with Crippen LogP contribution in [0, 0.1) is 18.6 Å². The van der Waals surface area contributed by atoms with E-state index in [-0.39, 0.29) is 5.82 Å². The average molecular weight is 268 g/mol. The Balaban J connectivity index is 2.47. The molecule has 0 bridgehead atoms. The first-order valence-corrected chi connectivity index (χ1v) is 5.83. The number of halogens is 3. The van der Waals surface area contributed by atoms with Crippen molar-refractivity contribution in [2.45, 2.75) is 13.0 Å². The maximum atomic E-state index is 13.8. The molecule has 1 nitrogen and oxygen atoms in total. The van der Waals surface area contributed by atoms with Gasteiger partial charge in [-0.05, 0) is 42.3 Å². The third kappa shape index (κ3) is 2.52. The molecule has 4 heteroatoms. The number of aryl methyl sites for hydroxylation is 1. The van der Waals surface area contributed by atoms with E-state index in [1.807, 2.05) is 6.92 Å². The van der Waals surface area contributed by atoms with Gasteiger partial charge in [-0.15, -0.1) is 0 Å². The summed E-state index contributed by atoms with van der Waals surface area (Å²) in [5.74, 6) is -0.876. The van der Waals surface area contributed by atoms with Gasteiger partial charge in [0.25, 0.3) is 0 Å². The van der Waals surface area contributed by atoms with Crippen LogP contribution in [0.2, 0.25) is 5.02 Å². The molecule has 2 rings (SSSR count). The van der Waals surface area contributed by atoms with Crippen LogP contribution >= 0.6 is 11.6 Å². The van der Waals surface area contributed by atoms with Gasteiger partial charge in [0.1, 0.15) is 11.6 Å². The fourth-order valence-electron chi connectivity index (χ4n) is 1.87. The third-order valence-corrected chi connectivity index (χ3v) is 3.11. The molecule has 0 radical (unpaired) electrons. The molecule has 1 atom stereocenters. The molecular formula is C14H12ClF2N. The quantitative estimate of drug-likeness (QED) is 0.875. The molecule has 0 aromatic heterocycles. The molecule has 0 heterocycles. The van der Waals surface area contributed by atoms with Crippen LogP contribution in [-0.4, -0.2) is 0 Å². The zero-order valence-corrected chi connectivity index (χ0v) is 10.5. The molecule has 0 aliphatic carbocycles. The van der Waals surface area contributed by atoms with Crippen LogP contribution in [0.5, 0.6) is 0 Å². The van der Waals surface area contributed by atoms with Crippen molar-refractivity contribution in [2.24, 2.45) is 5.73 Å². The third-order valence-electron chi connectivity index (χ3n) is 2.87. The van der Waals surface area contributed by atoms with Gasteiger partial charge < -0.3 is 5.73 Å². The summed E-state index contributed by atoms with van der Waals surface area (Å²) in [4.78, 5) is 0. The number of rotatable bonds is 2. The molecule has 0 fully saturated rings. The highest BCUT2D eigenvalue weighted by atomic mass is 35.5. The summed E-state index contributed by atoms with van der Waals surface area (Å²) in [5.41, 5.74) is 7.67. The minimum atomic E-state index is -0.710. The molecule has 94 valence electrons. The van der Waals surface area contributed by atoms with Crippen molar-refractivity contribution in [1.82, 2.24) is 0 Å². The lowest BCUT2D eigenvalue weighted by molar-refractivity contribution is 0.595. The SMILES string of the molecule is Cc1ccc(F)cc1C(N)c1ccc(Cl)cc1F. The van der Waals surface area contributed by atoms with Crippen LogP contribution < -0.4 is 5.73 Å². The van der Waals surface area contributed by atoms with Crippen molar-refractivity contribution in [3.8, 4) is 0 Å². The van der Waals surface area contributed by atoms with Crippen LogP contribution in [0.25, 0.3) is 0 Å². The zero-order valence-electron chi connectivity index (χ0n) is 9.75. The monoisotopic (exact) mass is 267 g/mol. The fraction of sp³-hybridized carbons (Fsp3) is 0.143. The maximum Gasteiger partial charge on any atom is 0.129 e. The topological polar surface area (TPSA) is 26.0 Å². The van der Waals surface area contributed by atoms with Gasteiger partial charge in [0.2, 0.25) is 0 Å². The predicted molar refractivity (Wildman–Crippen MR) is 68.6 cm³/mol. The van der Waals surface area contributed by atoms with Crippen molar-refractivity contribution in [3.05, 3.63) is 69.7 Å². The summed E-state index contributed by atoms with van der Waals surface area (Å²) in [5, 5.41) is 0.305. The Bertz CT molecular complexity index is 584. The Kier molecular flexibility index (Phi) is 3.64. The first-order valence-electron chi connectivity index (χ1n) is 5.45. The van der Waals surface area contributed by atoms with Crippen molar-refractivity contribution >= 4 is 11.6 Å². The van der Waals surface area contributed by atoms with Gasteiger partial charge in [-0.1, -0.05) is 23.7 Å². The number of benzene rings is 2. The van der Waals surface area contributed by atoms with Crippen LogP contribution in [0.1, 0.15) is 22.7 Å². The van der Waals surface area contributed by atoms with Gasteiger partial charge in [0, 0.05) is 10.6 Å². The average Bonchev–Trinajstić information content (AvgIpc) is 2.31. The van der Waals surface area contributed by atoms with E-state index in [1.165, 1.54) is 24.3 Å². The van der Waals surface area contributed by atoms with Crippen LogP contribution in [0.3, 0.4) is 0 Å². The van der Waals surface area contributed by atoms with Crippen molar-refractivity contribution in [3.63, 3.8) is 0 Å². The molecule has 0 amide bonds. The van der Waals surface area contributed by atoms with E-state index < -0.39 is 11.9 Å². The highest BCUT2D eigenvalue weighted by Gasteiger charge is 2.16. The van der Waals surface area contributed by atoms with Crippen molar-refractivity contribution in [2.75, 3.05) is 0 Å². The summed E-state index contributed by atoms with van der Waals surface area (Å²) in [6, 6.07) is 7.88.